The van der Waals surface area contributed by atoms with Gasteiger partial charge in [0.05, 0.1) is 12.3 Å². The van der Waals surface area contributed by atoms with Gasteiger partial charge in [0.2, 0.25) is 0 Å². The molecule has 0 bridgehead atoms. The summed E-state index contributed by atoms with van der Waals surface area (Å²) in [4.78, 5) is 19.9. The Morgan fingerprint density at radius 1 is 1.17 bits per heavy atom. The number of hydrogen-bond donors (Lipinski definition) is 1. The molecule has 3 rings (SSSR count). The predicted molar refractivity (Wildman–Crippen MR) is 108 cm³/mol. The molecule has 5 nitrogen and oxygen atoms in total. The predicted octanol–water partition coefficient (Wildman–Crippen LogP) is 4.47. The highest BCUT2D eigenvalue weighted by atomic mass is 19.1. The van der Waals surface area contributed by atoms with Crippen molar-refractivity contribution in [2.45, 2.75) is 45.4 Å². The fourth-order valence-electron chi connectivity index (χ4n) is 3.06. The van der Waals surface area contributed by atoms with E-state index in [0.717, 1.165) is 5.56 Å². The first-order valence-corrected chi connectivity index (χ1v) is 9.50. The van der Waals surface area contributed by atoms with Gasteiger partial charge in [0.25, 0.3) is 0 Å². The molecule has 0 aliphatic carbocycles. The average Bonchev–Trinajstić information content (AvgIpc) is 3.09. The molecular formula is C22H25F2N3O2. The smallest absolute Gasteiger partial charge is 0.318 e. The Labute approximate surface area is 169 Å². The summed E-state index contributed by atoms with van der Waals surface area (Å²) in [6, 6.07) is 12.0. The summed E-state index contributed by atoms with van der Waals surface area (Å²) in [6.07, 6.45) is 0.156. The van der Waals surface area contributed by atoms with Crippen molar-refractivity contribution >= 4 is 11.7 Å². The monoisotopic (exact) mass is 401 g/mol. The molecule has 0 aromatic heterocycles. The Bertz CT molecular complexity index is 892. The lowest BCUT2D eigenvalue weighted by Gasteiger charge is -2.29. The third kappa shape index (κ3) is 6.01. The first kappa shape index (κ1) is 20.8. The maximum atomic E-state index is 13.6. The summed E-state index contributed by atoms with van der Waals surface area (Å²) in [5, 5.41) is 7.04. The zero-order valence-electron chi connectivity index (χ0n) is 16.8. The molecule has 2 aromatic carbocycles. The summed E-state index contributed by atoms with van der Waals surface area (Å²) >= 11 is 0. The molecule has 154 valence electrons. The normalized spacial score (nSPS) is 16.2. The lowest BCUT2D eigenvalue weighted by molar-refractivity contribution is 0.0580. The van der Waals surface area contributed by atoms with E-state index >= 15 is 0 Å². The molecule has 2 amide bonds. The molecule has 1 unspecified atom stereocenters. The number of oxime groups is 1. The van der Waals surface area contributed by atoms with Gasteiger partial charge in [0.1, 0.15) is 11.6 Å². The molecule has 1 N–H and O–H groups in total. The summed E-state index contributed by atoms with van der Waals surface area (Å²) in [5.41, 5.74) is 1.76. The minimum atomic E-state index is -0.413. The molecule has 29 heavy (non-hydrogen) atoms. The number of amides is 2. The maximum Gasteiger partial charge on any atom is 0.318 e. The molecule has 0 spiro atoms. The zero-order chi connectivity index (χ0) is 21.0. The van der Waals surface area contributed by atoms with Crippen LogP contribution in [0, 0.1) is 11.6 Å². The number of nitrogens with zero attached hydrogens (tertiary/aromatic N) is 2. The number of carbonyl (C=O) groups is 1. The highest BCUT2D eigenvalue weighted by molar-refractivity contribution is 6.01. The van der Waals surface area contributed by atoms with Crippen LogP contribution in [-0.2, 0) is 11.4 Å². The van der Waals surface area contributed by atoms with E-state index in [1.807, 2.05) is 20.8 Å². The van der Waals surface area contributed by atoms with Crippen LogP contribution >= 0.6 is 0 Å². The Balaban J connectivity index is 1.69. The SMILES string of the molecule is CC(C)(C)NC(=O)N(Cc1cccc(F)c1)CC1CC(c2ccc(F)cc2)=NO1. The molecule has 1 heterocycles. The highest BCUT2D eigenvalue weighted by Gasteiger charge is 2.28. The maximum absolute atomic E-state index is 13.6. The van der Waals surface area contributed by atoms with Crippen molar-refractivity contribution in [1.82, 2.24) is 10.2 Å². The highest BCUT2D eigenvalue weighted by Crippen LogP contribution is 2.19. The van der Waals surface area contributed by atoms with E-state index in [0.29, 0.717) is 17.7 Å². The van der Waals surface area contributed by atoms with Crippen molar-refractivity contribution in [3.63, 3.8) is 0 Å². The van der Waals surface area contributed by atoms with Crippen molar-refractivity contribution < 1.29 is 18.4 Å². The van der Waals surface area contributed by atoms with Gasteiger partial charge in [0, 0.05) is 18.5 Å². The molecule has 0 saturated carbocycles. The number of urea groups is 1. The largest absolute Gasteiger partial charge is 0.390 e. The van der Waals surface area contributed by atoms with Crippen LogP contribution in [0.4, 0.5) is 13.6 Å². The second-order valence-electron chi connectivity index (χ2n) is 8.17. The fraction of sp³-hybridized carbons (Fsp3) is 0.364. The fourth-order valence-corrected chi connectivity index (χ4v) is 3.06. The Morgan fingerprint density at radius 2 is 1.90 bits per heavy atom. The van der Waals surface area contributed by atoms with E-state index in [1.54, 1.807) is 29.2 Å². The molecule has 2 aromatic rings. The zero-order valence-corrected chi connectivity index (χ0v) is 16.8. The Hall–Kier alpha value is -2.96. The summed E-state index contributed by atoms with van der Waals surface area (Å²) in [5.74, 6) is -0.664. The van der Waals surface area contributed by atoms with Crippen molar-refractivity contribution in [2.75, 3.05) is 6.54 Å². The van der Waals surface area contributed by atoms with Crippen LogP contribution in [0.2, 0.25) is 0 Å². The van der Waals surface area contributed by atoms with E-state index in [4.69, 9.17) is 4.84 Å². The van der Waals surface area contributed by atoms with Crippen LogP contribution in [0.5, 0.6) is 0 Å². The molecule has 1 atom stereocenters. The van der Waals surface area contributed by atoms with Crippen molar-refractivity contribution in [2.24, 2.45) is 5.16 Å². The number of halogens is 2. The van der Waals surface area contributed by atoms with Gasteiger partial charge in [-0.3, -0.25) is 0 Å². The van der Waals surface area contributed by atoms with Crippen LogP contribution in [0.3, 0.4) is 0 Å². The van der Waals surface area contributed by atoms with Gasteiger partial charge >= 0.3 is 6.03 Å². The standard InChI is InChI=1S/C22H25F2N3O2/c1-22(2,3)25-21(28)27(13-15-5-4-6-18(24)11-15)14-19-12-20(26-29-19)16-7-9-17(23)10-8-16/h4-11,19H,12-14H2,1-3H3,(H,25,28). The number of hydrogen-bond acceptors (Lipinski definition) is 3. The molecule has 0 fully saturated rings. The van der Waals surface area contributed by atoms with Crippen molar-refractivity contribution in [3.05, 3.63) is 71.3 Å². The van der Waals surface area contributed by atoms with Gasteiger partial charge in [-0.05, 0) is 56.2 Å². The minimum Gasteiger partial charge on any atom is -0.390 e. The van der Waals surface area contributed by atoms with Gasteiger partial charge in [-0.15, -0.1) is 0 Å². The Kier molecular flexibility index (Phi) is 6.15. The third-order valence-electron chi connectivity index (χ3n) is 4.37. The quantitative estimate of drug-likeness (QED) is 0.804. The molecule has 1 aliphatic rings. The van der Waals surface area contributed by atoms with E-state index in [9.17, 15) is 13.6 Å². The number of carbonyl (C=O) groups excluding carboxylic acids is 1. The van der Waals surface area contributed by atoms with Gasteiger partial charge in [-0.1, -0.05) is 29.4 Å². The third-order valence-corrected chi connectivity index (χ3v) is 4.37. The summed E-state index contributed by atoms with van der Waals surface area (Å²) in [7, 11) is 0. The van der Waals surface area contributed by atoms with Gasteiger partial charge in [-0.2, -0.15) is 0 Å². The second-order valence-corrected chi connectivity index (χ2v) is 8.17. The van der Waals surface area contributed by atoms with Gasteiger partial charge < -0.3 is 15.1 Å². The van der Waals surface area contributed by atoms with Crippen molar-refractivity contribution in [3.8, 4) is 0 Å². The van der Waals surface area contributed by atoms with E-state index in [1.165, 1.54) is 24.3 Å². The van der Waals surface area contributed by atoms with Crippen LogP contribution in [-0.4, -0.2) is 34.8 Å². The topological polar surface area (TPSA) is 53.9 Å². The first-order valence-electron chi connectivity index (χ1n) is 9.50. The lowest BCUT2D eigenvalue weighted by Crippen LogP contribution is -2.50. The summed E-state index contributed by atoms with van der Waals surface area (Å²) in [6.45, 7) is 6.21. The Morgan fingerprint density at radius 3 is 2.55 bits per heavy atom. The minimum absolute atomic E-state index is 0.241. The van der Waals surface area contributed by atoms with E-state index < -0.39 is 5.54 Å². The average molecular weight is 401 g/mol. The van der Waals surface area contributed by atoms with E-state index in [2.05, 4.69) is 10.5 Å². The first-order chi connectivity index (χ1) is 13.7. The molecule has 0 radical (unpaired) electrons. The van der Waals surface area contributed by atoms with Crippen LogP contribution in [0.25, 0.3) is 0 Å². The van der Waals surface area contributed by atoms with Gasteiger partial charge in [-0.25, -0.2) is 13.6 Å². The van der Waals surface area contributed by atoms with Crippen LogP contribution in [0.15, 0.2) is 53.7 Å². The number of nitrogens with one attached hydrogen (secondary N) is 1. The van der Waals surface area contributed by atoms with E-state index in [-0.39, 0.29) is 36.9 Å². The van der Waals surface area contributed by atoms with Gasteiger partial charge in [0.15, 0.2) is 6.10 Å². The van der Waals surface area contributed by atoms with Crippen LogP contribution < -0.4 is 5.32 Å². The number of benzene rings is 2. The second kappa shape index (κ2) is 8.59. The number of rotatable bonds is 5. The summed E-state index contributed by atoms with van der Waals surface area (Å²) < 4.78 is 26.7. The molecular weight excluding hydrogens is 376 g/mol. The molecule has 1 aliphatic heterocycles. The lowest BCUT2D eigenvalue weighted by atomic mass is 10.0. The molecule has 0 saturated heterocycles. The van der Waals surface area contributed by atoms with Crippen LogP contribution in [0.1, 0.15) is 38.3 Å². The molecule has 7 heteroatoms. The van der Waals surface area contributed by atoms with Crippen molar-refractivity contribution in [1.29, 1.82) is 0 Å².